The van der Waals surface area contributed by atoms with Gasteiger partial charge in [0.1, 0.15) is 5.76 Å². The molecule has 0 aromatic carbocycles. The number of carbonyl (C=O) groups is 2. The number of aromatic nitrogens is 1. The normalized spacial score (nSPS) is 15.8. The predicted octanol–water partition coefficient (Wildman–Crippen LogP) is 2.74. The van der Waals surface area contributed by atoms with E-state index in [1.807, 2.05) is 4.90 Å². The van der Waals surface area contributed by atoms with Crippen LogP contribution in [0.1, 0.15) is 51.2 Å². The number of rotatable bonds is 6. The van der Waals surface area contributed by atoms with Gasteiger partial charge in [-0.1, -0.05) is 24.9 Å². The molecule has 6 nitrogen and oxygen atoms in total. The molecule has 22 heavy (non-hydrogen) atoms. The quantitative estimate of drug-likeness (QED) is 0.820. The van der Waals surface area contributed by atoms with E-state index < -0.39 is 0 Å². The second-order valence-corrected chi connectivity index (χ2v) is 5.92. The number of likely N-dealkylation sites (tertiary alicyclic amines) is 1. The fourth-order valence-electron chi connectivity index (χ4n) is 2.73. The summed E-state index contributed by atoms with van der Waals surface area (Å²) < 4.78 is 4.93. The second-order valence-electron chi connectivity index (χ2n) is 5.92. The van der Waals surface area contributed by atoms with Crippen LogP contribution in [0.2, 0.25) is 0 Å². The van der Waals surface area contributed by atoms with Crippen molar-refractivity contribution in [3.8, 4) is 0 Å². The lowest BCUT2D eigenvalue weighted by molar-refractivity contribution is -0.134. The van der Waals surface area contributed by atoms with Crippen LogP contribution in [0, 0.1) is 12.8 Å². The Morgan fingerprint density at radius 2 is 2.09 bits per heavy atom. The second kappa shape index (κ2) is 7.96. The van der Waals surface area contributed by atoms with Crippen molar-refractivity contribution < 1.29 is 14.1 Å². The molecule has 1 N–H and O–H groups in total. The number of nitrogens with one attached hydrogen (secondary N) is 1. The zero-order valence-electron chi connectivity index (χ0n) is 13.4. The summed E-state index contributed by atoms with van der Waals surface area (Å²) in [6.07, 6.45) is 5.23. The summed E-state index contributed by atoms with van der Waals surface area (Å²) in [7, 11) is 0. The molecule has 1 aliphatic rings. The summed E-state index contributed by atoms with van der Waals surface area (Å²) in [5, 5.41) is 6.54. The van der Waals surface area contributed by atoms with Crippen molar-refractivity contribution in [1.29, 1.82) is 0 Å². The zero-order valence-corrected chi connectivity index (χ0v) is 13.4. The van der Waals surface area contributed by atoms with E-state index in [-0.39, 0.29) is 17.7 Å². The number of amides is 2. The van der Waals surface area contributed by atoms with E-state index in [4.69, 9.17) is 4.52 Å². The zero-order chi connectivity index (χ0) is 15.9. The van der Waals surface area contributed by atoms with Crippen LogP contribution in [0.15, 0.2) is 10.6 Å². The SMILES string of the molecule is CCCCCC(=O)N1CCC(C(=O)Nc2cc(C)on2)CC1. The molecule has 1 fully saturated rings. The molecule has 0 aliphatic carbocycles. The number of unbranched alkanes of at least 4 members (excludes halogenated alkanes) is 2. The summed E-state index contributed by atoms with van der Waals surface area (Å²) in [6.45, 7) is 5.25. The number of hydrogen-bond acceptors (Lipinski definition) is 4. The third-order valence-corrected chi connectivity index (χ3v) is 4.09. The van der Waals surface area contributed by atoms with Crippen molar-refractivity contribution in [1.82, 2.24) is 10.1 Å². The van der Waals surface area contributed by atoms with E-state index in [0.717, 1.165) is 19.3 Å². The molecule has 2 rings (SSSR count). The molecule has 1 saturated heterocycles. The van der Waals surface area contributed by atoms with Gasteiger partial charge in [0.25, 0.3) is 0 Å². The molecule has 0 bridgehead atoms. The van der Waals surface area contributed by atoms with E-state index in [1.165, 1.54) is 0 Å². The molecule has 0 atom stereocenters. The lowest BCUT2D eigenvalue weighted by atomic mass is 9.95. The van der Waals surface area contributed by atoms with E-state index in [2.05, 4.69) is 17.4 Å². The van der Waals surface area contributed by atoms with Gasteiger partial charge in [0.05, 0.1) is 0 Å². The molecule has 0 saturated carbocycles. The van der Waals surface area contributed by atoms with Crippen LogP contribution in [0.5, 0.6) is 0 Å². The number of piperidine rings is 1. The average Bonchev–Trinajstić information content (AvgIpc) is 2.92. The van der Waals surface area contributed by atoms with Gasteiger partial charge < -0.3 is 14.7 Å². The summed E-state index contributed by atoms with van der Waals surface area (Å²) in [5.74, 6) is 1.26. The Kier molecular flexibility index (Phi) is 5.98. The molecule has 122 valence electrons. The Balaban J connectivity index is 1.74. The Labute approximate surface area is 131 Å². The molecule has 0 spiro atoms. The van der Waals surface area contributed by atoms with Crippen LogP contribution in [-0.4, -0.2) is 35.0 Å². The van der Waals surface area contributed by atoms with Gasteiger partial charge in [0.2, 0.25) is 11.8 Å². The van der Waals surface area contributed by atoms with E-state index in [9.17, 15) is 9.59 Å². The molecular formula is C16H25N3O3. The highest BCUT2D eigenvalue weighted by atomic mass is 16.5. The monoisotopic (exact) mass is 307 g/mol. The van der Waals surface area contributed by atoms with Crippen LogP contribution < -0.4 is 5.32 Å². The molecule has 6 heteroatoms. The maximum absolute atomic E-state index is 12.2. The maximum Gasteiger partial charge on any atom is 0.228 e. The number of hydrogen-bond donors (Lipinski definition) is 1. The standard InChI is InChI=1S/C16H25N3O3/c1-3-4-5-6-15(20)19-9-7-13(8-10-19)16(21)17-14-11-12(2)22-18-14/h11,13H,3-10H2,1-2H3,(H,17,18,21). The van der Waals surface area contributed by atoms with Gasteiger partial charge >= 0.3 is 0 Å². The minimum Gasteiger partial charge on any atom is -0.360 e. The summed E-state index contributed by atoms with van der Waals surface area (Å²) in [4.78, 5) is 26.1. The Hall–Kier alpha value is -1.85. The van der Waals surface area contributed by atoms with Crippen LogP contribution in [-0.2, 0) is 9.59 Å². The van der Waals surface area contributed by atoms with Crippen LogP contribution in [0.4, 0.5) is 5.82 Å². The summed E-state index contributed by atoms with van der Waals surface area (Å²) in [6, 6.07) is 1.70. The Bertz CT molecular complexity index is 504. The first-order valence-corrected chi connectivity index (χ1v) is 8.12. The van der Waals surface area contributed by atoms with Gasteiger partial charge in [-0.05, 0) is 26.2 Å². The number of anilines is 1. The average molecular weight is 307 g/mol. The first-order chi connectivity index (χ1) is 10.6. The first-order valence-electron chi connectivity index (χ1n) is 8.12. The van der Waals surface area contributed by atoms with Gasteiger partial charge in [0, 0.05) is 31.5 Å². The third-order valence-electron chi connectivity index (χ3n) is 4.09. The van der Waals surface area contributed by atoms with Crippen molar-refractivity contribution in [3.63, 3.8) is 0 Å². The van der Waals surface area contributed by atoms with Crippen LogP contribution in [0.3, 0.4) is 0 Å². The highest BCUT2D eigenvalue weighted by molar-refractivity contribution is 5.91. The Morgan fingerprint density at radius 3 is 2.68 bits per heavy atom. The molecular weight excluding hydrogens is 282 g/mol. The minimum atomic E-state index is -0.0586. The highest BCUT2D eigenvalue weighted by Crippen LogP contribution is 2.20. The fraction of sp³-hybridized carbons (Fsp3) is 0.688. The van der Waals surface area contributed by atoms with Crippen molar-refractivity contribution in [3.05, 3.63) is 11.8 Å². The lowest BCUT2D eigenvalue weighted by Gasteiger charge is -2.31. The van der Waals surface area contributed by atoms with Gasteiger partial charge in [0.15, 0.2) is 5.82 Å². The van der Waals surface area contributed by atoms with Crippen LogP contribution in [0.25, 0.3) is 0 Å². The molecule has 2 amide bonds. The summed E-state index contributed by atoms with van der Waals surface area (Å²) in [5.41, 5.74) is 0. The van der Waals surface area contributed by atoms with Gasteiger partial charge in [-0.15, -0.1) is 0 Å². The topological polar surface area (TPSA) is 75.4 Å². The fourth-order valence-corrected chi connectivity index (χ4v) is 2.73. The van der Waals surface area contributed by atoms with Crippen molar-refractivity contribution in [2.24, 2.45) is 5.92 Å². The third kappa shape index (κ3) is 4.58. The maximum atomic E-state index is 12.2. The van der Waals surface area contributed by atoms with Crippen LogP contribution >= 0.6 is 0 Å². The molecule has 2 heterocycles. The lowest BCUT2D eigenvalue weighted by Crippen LogP contribution is -2.41. The molecule has 0 radical (unpaired) electrons. The molecule has 1 aromatic rings. The molecule has 1 aliphatic heterocycles. The Morgan fingerprint density at radius 1 is 1.36 bits per heavy atom. The molecule has 0 unspecified atom stereocenters. The van der Waals surface area contributed by atoms with Gasteiger partial charge in [-0.25, -0.2) is 0 Å². The van der Waals surface area contributed by atoms with Gasteiger partial charge in [-0.2, -0.15) is 0 Å². The van der Waals surface area contributed by atoms with E-state index in [0.29, 0.717) is 43.9 Å². The first kappa shape index (κ1) is 16.5. The predicted molar refractivity (Wildman–Crippen MR) is 83.3 cm³/mol. The van der Waals surface area contributed by atoms with Gasteiger partial charge in [-0.3, -0.25) is 9.59 Å². The van der Waals surface area contributed by atoms with Crippen molar-refractivity contribution in [2.45, 2.75) is 52.4 Å². The van der Waals surface area contributed by atoms with Crippen molar-refractivity contribution in [2.75, 3.05) is 18.4 Å². The smallest absolute Gasteiger partial charge is 0.228 e. The van der Waals surface area contributed by atoms with E-state index in [1.54, 1.807) is 13.0 Å². The number of aryl methyl sites for hydroxylation is 1. The van der Waals surface area contributed by atoms with Crippen molar-refractivity contribution >= 4 is 17.6 Å². The largest absolute Gasteiger partial charge is 0.360 e. The van der Waals surface area contributed by atoms with E-state index >= 15 is 0 Å². The number of carbonyl (C=O) groups excluding carboxylic acids is 2. The molecule has 1 aromatic heterocycles. The summed E-state index contributed by atoms with van der Waals surface area (Å²) >= 11 is 0. The highest BCUT2D eigenvalue weighted by Gasteiger charge is 2.27. The number of nitrogens with zero attached hydrogens (tertiary/aromatic N) is 2. The minimum absolute atomic E-state index is 0.0358.